The third-order valence-electron chi connectivity index (χ3n) is 4.30. The van der Waals surface area contributed by atoms with E-state index in [4.69, 9.17) is 14.2 Å². The average Bonchev–Trinajstić information content (AvgIpc) is 2.76. The molecule has 0 aromatic heterocycles. The number of nitrogens with one attached hydrogen (secondary N) is 2. The molecule has 0 aliphatic heterocycles. The topological polar surface area (TPSA) is 85.9 Å². The lowest BCUT2D eigenvalue weighted by atomic mass is 10.1. The zero-order chi connectivity index (χ0) is 21.1. The summed E-state index contributed by atoms with van der Waals surface area (Å²) < 4.78 is 16.1. The lowest BCUT2D eigenvalue weighted by Crippen LogP contribution is -2.41. The fourth-order valence-electron chi connectivity index (χ4n) is 2.57. The maximum Gasteiger partial charge on any atom is 0.269 e. The van der Waals surface area contributed by atoms with E-state index in [1.165, 1.54) is 7.11 Å². The van der Waals surface area contributed by atoms with Crippen LogP contribution in [0.2, 0.25) is 0 Å². The molecule has 7 nitrogen and oxygen atoms in total. The molecule has 0 aliphatic rings. The summed E-state index contributed by atoms with van der Waals surface area (Å²) >= 11 is 0. The van der Waals surface area contributed by atoms with Crippen LogP contribution in [0, 0.1) is 0 Å². The number of hydrazine groups is 1. The number of carbonyl (C=O) groups excluding carboxylic acids is 2. The van der Waals surface area contributed by atoms with Gasteiger partial charge in [0.25, 0.3) is 5.91 Å². The molecule has 2 amide bonds. The maximum atomic E-state index is 12.3. The Hall–Kier alpha value is -3.22. The first kappa shape index (κ1) is 22.1. The van der Waals surface area contributed by atoms with Crippen molar-refractivity contribution in [3.8, 4) is 17.2 Å². The van der Waals surface area contributed by atoms with Crippen LogP contribution >= 0.6 is 0 Å². The lowest BCUT2D eigenvalue weighted by molar-refractivity contribution is -0.121. The molecule has 0 atom stereocenters. The Morgan fingerprint density at radius 3 is 2.34 bits per heavy atom. The number of hydrogen-bond acceptors (Lipinski definition) is 5. The summed E-state index contributed by atoms with van der Waals surface area (Å²) in [4.78, 5) is 24.3. The number of carbonyl (C=O) groups is 2. The highest BCUT2D eigenvalue weighted by Crippen LogP contribution is 2.28. The molecule has 156 valence electrons. The number of amides is 2. The second kappa shape index (κ2) is 11.6. The van der Waals surface area contributed by atoms with Crippen molar-refractivity contribution in [1.29, 1.82) is 0 Å². The molecular formula is C22H28N2O5. The SMILES string of the molecule is CCCCOc1ccc(C(=O)NNC(=O)CCc2ccc(OC)cc2)cc1OC. The van der Waals surface area contributed by atoms with Crippen molar-refractivity contribution < 1.29 is 23.8 Å². The van der Waals surface area contributed by atoms with Crippen molar-refractivity contribution in [2.75, 3.05) is 20.8 Å². The number of benzene rings is 2. The van der Waals surface area contributed by atoms with E-state index < -0.39 is 5.91 Å². The number of unbranched alkanes of at least 4 members (excludes halogenated alkanes) is 1. The molecule has 7 heteroatoms. The summed E-state index contributed by atoms with van der Waals surface area (Å²) in [6, 6.07) is 12.4. The van der Waals surface area contributed by atoms with Crippen LogP contribution in [0.5, 0.6) is 17.2 Å². The number of ether oxygens (including phenoxy) is 3. The van der Waals surface area contributed by atoms with Gasteiger partial charge in [-0.2, -0.15) is 0 Å². The molecule has 0 saturated heterocycles. The van der Waals surface area contributed by atoms with Crippen LogP contribution in [0.3, 0.4) is 0 Å². The minimum absolute atomic E-state index is 0.250. The van der Waals surface area contributed by atoms with Gasteiger partial charge in [0.1, 0.15) is 5.75 Å². The van der Waals surface area contributed by atoms with Crippen molar-refractivity contribution in [2.24, 2.45) is 0 Å². The van der Waals surface area contributed by atoms with Crippen LogP contribution in [0.15, 0.2) is 42.5 Å². The van der Waals surface area contributed by atoms with Gasteiger partial charge in [0.15, 0.2) is 11.5 Å². The van der Waals surface area contributed by atoms with Gasteiger partial charge in [-0.05, 0) is 48.7 Å². The van der Waals surface area contributed by atoms with Gasteiger partial charge in [0.2, 0.25) is 5.91 Å². The molecule has 29 heavy (non-hydrogen) atoms. The lowest BCUT2D eigenvalue weighted by Gasteiger charge is -2.12. The second-order valence-corrected chi connectivity index (χ2v) is 6.42. The van der Waals surface area contributed by atoms with E-state index in [1.54, 1.807) is 25.3 Å². The van der Waals surface area contributed by atoms with Gasteiger partial charge < -0.3 is 14.2 Å². The van der Waals surface area contributed by atoms with Crippen molar-refractivity contribution in [1.82, 2.24) is 10.9 Å². The first-order valence-corrected chi connectivity index (χ1v) is 9.60. The second-order valence-electron chi connectivity index (χ2n) is 6.42. The zero-order valence-electron chi connectivity index (χ0n) is 17.1. The molecule has 0 saturated carbocycles. The van der Waals surface area contributed by atoms with Crippen LogP contribution in [0.4, 0.5) is 0 Å². The predicted molar refractivity (Wildman–Crippen MR) is 110 cm³/mol. The van der Waals surface area contributed by atoms with Crippen LogP contribution in [0.25, 0.3) is 0 Å². The Bertz CT molecular complexity index is 805. The molecule has 2 rings (SSSR count). The number of hydrogen-bond donors (Lipinski definition) is 2. The van der Waals surface area contributed by atoms with Crippen LogP contribution in [-0.2, 0) is 11.2 Å². The van der Waals surface area contributed by atoms with Gasteiger partial charge >= 0.3 is 0 Å². The highest BCUT2D eigenvalue weighted by atomic mass is 16.5. The Balaban J connectivity index is 1.83. The van der Waals surface area contributed by atoms with E-state index in [2.05, 4.69) is 17.8 Å². The largest absolute Gasteiger partial charge is 0.497 e. The molecule has 2 aromatic rings. The molecule has 0 fully saturated rings. The minimum Gasteiger partial charge on any atom is -0.497 e. The Kier molecular flexibility index (Phi) is 8.82. The van der Waals surface area contributed by atoms with E-state index >= 15 is 0 Å². The summed E-state index contributed by atoms with van der Waals surface area (Å²) in [6.45, 7) is 2.67. The zero-order valence-corrected chi connectivity index (χ0v) is 17.1. The summed E-state index contributed by atoms with van der Waals surface area (Å²) in [5, 5.41) is 0. The normalized spacial score (nSPS) is 10.2. The molecule has 0 bridgehead atoms. The number of aryl methyl sites for hydroxylation is 1. The van der Waals surface area contributed by atoms with Crippen molar-refractivity contribution >= 4 is 11.8 Å². The fourth-order valence-corrected chi connectivity index (χ4v) is 2.57. The number of methoxy groups -OCH3 is 2. The van der Waals surface area contributed by atoms with Crippen molar-refractivity contribution in [3.63, 3.8) is 0 Å². The van der Waals surface area contributed by atoms with Crippen molar-refractivity contribution in [2.45, 2.75) is 32.6 Å². The highest BCUT2D eigenvalue weighted by Gasteiger charge is 2.12. The van der Waals surface area contributed by atoms with Gasteiger partial charge in [-0.15, -0.1) is 0 Å². The summed E-state index contributed by atoms with van der Waals surface area (Å²) in [6.07, 6.45) is 2.78. The van der Waals surface area contributed by atoms with E-state index in [0.29, 0.717) is 30.1 Å². The monoisotopic (exact) mass is 400 g/mol. The Labute approximate surface area is 171 Å². The van der Waals surface area contributed by atoms with Gasteiger partial charge in [0.05, 0.1) is 20.8 Å². The van der Waals surface area contributed by atoms with Crippen LogP contribution < -0.4 is 25.1 Å². The molecule has 0 aliphatic carbocycles. The van der Waals surface area contributed by atoms with Gasteiger partial charge in [0, 0.05) is 12.0 Å². The summed E-state index contributed by atoms with van der Waals surface area (Å²) in [7, 11) is 3.12. The third-order valence-corrected chi connectivity index (χ3v) is 4.30. The Morgan fingerprint density at radius 2 is 1.69 bits per heavy atom. The van der Waals surface area contributed by atoms with Crippen LogP contribution in [-0.4, -0.2) is 32.6 Å². The molecule has 0 spiro atoms. The molecular weight excluding hydrogens is 372 g/mol. The average molecular weight is 400 g/mol. The third kappa shape index (κ3) is 7.03. The van der Waals surface area contributed by atoms with Gasteiger partial charge in [-0.25, -0.2) is 0 Å². The van der Waals surface area contributed by atoms with Crippen molar-refractivity contribution in [3.05, 3.63) is 53.6 Å². The predicted octanol–water partition coefficient (Wildman–Crippen LogP) is 3.28. The fraction of sp³-hybridized carbons (Fsp3) is 0.364. The molecule has 0 heterocycles. The highest BCUT2D eigenvalue weighted by molar-refractivity contribution is 5.96. The first-order chi connectivity index (χ1) is 14.1. The number of rotatable bonds is 10. The molecule has 0 unspecified atom stereocenters. The van der Waals surface area contributed by atoms with E-state index in [-0.39, 0.29) is 12.3 Å². The summed E-state index contributed by atoms with van der Waals surface area (Å²) in [5.74, 6) is 1.12. The standard InChI is InChI=1S/C22H28N2O5/c1-4-5-14-29-19-12-9-17(15-20(19)28-3)22(26)24-23-21(25)13-8-16-6-10-18(27-2)11-7-16/h6-7,9-12,15H,4-5,8,13-14H2,1-3H3,(H,23,25)(H,24,26). The molecule has 2 N–H and O–H groups in total. The maximum absolute atomic E-state index is 12.3. The molecule has 0 radical (unpaired) electrons. The minimum atomic E-state index is -0.429. The van der Waals surface area contributed by atoms with Gasteiger partial charge in [-0.1, -0.05) is 25.5 Å². The smallest absolute Gasteiger partial charge is 0.269 e. The Morgan fingerprint density at radius 1 is 0.931 bits per heavy atom. The van der Waals surface area contributed by atoms with E-state index in [0.717, 1.165) is 24.2 Å². The quantitative estimate of drug-likeness (QED) is 0.472. The first-order valence-electron chi connectivity index (χ1n) is 9.60. The molecule has 2 aromatic carbocycles. The summed E-state index contributed by atoms with van der Waals surface area (Å²) in [5.41, 5.74) is 6.23. The van der Waals surface area contributed by atoms with Gasteiger partial charge in [-0.3, -0.25) is 20.4 Å². The van der Waals surface area contributed by atoms with E-state index in [1.807, 2.05) is 24.3 Å². The van der Waals surface area contributed by atoms with E-state index in [9.17, 15) is 9.59 Å². The van der Waals surface area contributed by atoms with Crippen LogP contribution in [0.1, 0.15) is 42.1 Å².